The van der Waals surface area contributed by atoms with Crippen LogP contribution in [0.2, 0.25) is 0 Å². The molecule has 0 rings (SSSR count). The molecule has 0 aliphatic heterocycles. The van der Waals surface area contributed by atoms with Gasteiger partial charge in [0, 0.05) is 0 Å². The van der Waals surface area contributed by atoms with Crippen molar-refractivity contribution in [2.45, 2.75) is 6.92 Å². The van der Waals surface area contributed by atoms with E-state index in [1.54, 1.807) is 0 Å². The molecule has 0 amide bonds. The summed E-state index contributed by atoms with van der Waals surface area (Å²) in [6.07, 6.45) is 0. The SMILES string of the molecule is CCN(C(=N[N+](=O)[O-])N([N+](=O)[O-])[N+](=O)[O-])[N+](=O)[O-]. The summed E-state index contributed by atoms with van der Waals surface area (Å²) in [6.45, 7) is 0.480. The first kappa shape index (κ1) is 14.9. The molecule has 0 N–H and O–H groups in total. The van der Waals surface area contributed by atoms with Gasteiger partial charge >= 0.3 is 5.96 Å². The summed E-state index contributed by atoms with van der Waals surface area (Å²) in [5, 5.41) is 36.1. The fourth-order valence-electron chi connectivity index (χ4n) is 0.804. The molecule has 0 spiro atoms. The summed E-state index contributed by atoms with van der Waals surface area (Å²) in [5.41, 5.74) is 0. The van der Waals surface area contributed by atoms with E-state index in [-0.39, 0.29) is 5.01 Å². The molecule has 0 fully saturated rings. The van der Waals surface area contributed by atoms with Crippen molar-refractivity contribution < 1.29 is 20.1 Å². The Hall–Kier alpha value is -3.13. The first-order valence-corrected chi connectivity index (χ1v) is 3.95. The first-order valence-electron chi connectivity index (χ1n) is 3.95. The van der Waals surface area contributed by atoms with Gasteiger partial charge < -0.3 is 0 Å². The molecule has 0 aromatic carbocycles. The highest BCUT2D eigenvalue weighted by molar-refractivity contribution is 5.75. The summed E-state index contributed by atoms with van der Waals surface area (Å²) in [4.78, 5) is 41.2. The lowest BCUT2D eigenvalue weighted by Gasteiger charge is -2.10. The van der Waals surface area contributed by atoms with Gasteiger partial charge in [0.15, 0.2) is 10.1 Å². The summed E-state index contributed by atoms with van der Waals surface area (Å²) < 4.78 is 0. The average Bonchev–Trinajstić information content (AvgIpc) is 2.15. The maximum atomic E-state index is 10.5. The van der Waals surface area contributed by atoms with Crippen LogP contribution in [0.15, 0.2) is 5.10 Å². The Labute approximate surface area is 96.4 Å². The molecule has 0 aromatic heterocycles. The van der Waals surface area contributed by atoms with Crippen molar-refractivity contribution in [2.75, 3.05) is 6.54 Å². The van der Waals surface area contributed by atoms with Crippen molar-refractivity contribution in [3.63, 3.8) is 0 Å². The minimum atomic E-state index is -1.69. The molecule has 0 aliphatic rings. The third-order valence-electron chi connectivity index (χ3n) is 1.39. The van der Waals surface area contributed by atoms with E-state index in [0.29, 0.717) is 0 Å². The van der Waals surface area contributed by atoms with E-state index < -0.39 is 37.8 Å². The lowest BCUT2D eigenvalue weighted by atomic mass is 10.7. The molecule has 15 nitrogen and oxygen atoms in total. The zero-order chi connectivity index (χ0) is 14.5. The van der Waals surface area contributed by atoms with Crippen LogP contribution in [-0.4, -0.2) is 42.8 Å². The topological polar surface area (TPSA) is 191 Å². The van der Waals surface area contributed by atoms with E-state index in [1.165, 1.54) is 0 Å². The Balaban J connectivity index is 5.74. The van der Waals surface area contributed by atoms with Crippen LogP contribution >= 0.6 is 0 Å². The molecule has 0 radical (unpaired) electrons. The predicted molar refractivity (Wildman–Crippen MR) is 49.6 cm³/mol. The van der Waals surface area contributed by atoms with E-state index in [4.69, 9.17) is 0 Å². The van der Waals surface area contributed by atoms with Gasteiger partial charge in [0.2, 0.25) is 15.2 Å². The minimum absolute atomic E-state index is 0.214. The molecule has 15 heteroatoms. The Morgan fingerprint density at radius 2 is 1.44 bits per heavy atom. The number of rotatable bonds is 5. The predicted octanol–water partition coefficient (Wildman–Crippen LogP) is -1.27. The standard InChI is InChI=1S/C3H5N7O8/c1-2-5(8(13)14)3(4-7(11)12)6(9(15)16)10(17)18/h2H2,1H3. The van der Waals surface area contributed by atoms with Crippen LogP contribution in [0.4, 0.5) is 0 Å². The molecule has 18 heavy (non-hydrogen) atoms. The molecule has 0 aliphatic carbocycles. The number of hydrazine groups is 3. The highest BCUT2D eigenvalue weighted by Gasteiger charge is 2.46. The van der Waals surface area contributed by atoms with Crippen molar-refractivity contribution in [3.05, 3.63) is 40.5 Å². The van der Waals surface area contributed by atoms with Gasteiger partial charge in [0.25, 0.3) is 0 Å². The number of hydrogen-bond donors (Lipinski definition) is 0. The highest BCUT2D eigenvalue weighted by atomic mass is 16.8. The number of hydrogen-bond acceptors (Lipinski definition) is 8. The number of guanidine groups is 1. The van der Waals surface area contributed by atoms with Crippen LogP contribution in [0.5, 0.6) is 0 Å². The highest BCUT2D eigenvalue weighted by Crippen LogP contribution is 2.01. The molecule has 0 bridgehead atoms. The van der Waals surface area contributed by atoms with Crippen LogP contribution < -0.4 is 0 Å². The summed E-state index contributed by atoms with van der Waals surface area (Å²) >= 11 is 0. The van der Waals surface area contributed by atoms with E-state index in [0.717, 1.165) is 6.92 Å². The second kappa shape index (κ2) is 5.82. The quantitative estimate of drug-likeness (QED) is 0.251. The second-order valence-corrected chi connectivity index (χ2v) is 2.36. The Bertz CT molecular complexity index is 403. The van der Waals surface area contributed by atoms with Crippen molar-refractivity contribution in [1.82, 2.24) is 10.1 Å². The maximum absolute atomic E-state index is 10.5. The summed E-state index contributed by atoms with van der Waals surface area (Å²) in [6, 6.07) is 0. The lowest BCUT2D eigenvalue weighted by molar-refractivity contribution is -0.886. The van der Waals surface area contributed by atoms with Crippen LogP contribution in [-0.2, 0) is 0 Å². The van der Waals surface area contributed by atoms with Crippen molar-refractivity contribution in [1.29, 1.82) is 0 Å². The van der Waals surface area contributed by atoms with E-state index >= 15 is 0 Å². The van der Waals surface area contributed by atoms with E-state index in [9.17, 15) is 40.5 Å². The zero-order valence-electron chi connectivity index (χ0n) is 8.60. The maximum Gasteiger partial charge on any atom is 0.469 e. The van der Waals surface area contributed by atoms with Crippen LogP contribution in [0.25, 0.3) is 0 Å². The van der Waals surface area contributed by atoms with Gasteiger partial charge in [-0.05, 0) is 11.9 Å². The van der Waals surface area contributed by atoms with Crippen LogP contribution in [0.1, 0.15) is 6.92 Å². The molecule has 0 unspecified atom stereocenters. The van der Waals surface area contributed by atoms with Crippen molar-refractivity contribution in [3.8, 4) is 0 Å². The smallest absolute Gasteiger partial charge is 0.234 e. The van der Waals surface area contributed by atoms with Crippen LogP contribution in [0.3, 0.4) is 0 Å². The number of nitro groups is 4. The molecule has 0 aromatic rings. The summed E-state index contributed by atoms with van der Waals surface area (Å²) in [5.74, 6) is -1.65. The van der Waals surface area contributed by atoms with Gasteiger partial charge in [-0.25, -0.2) is 40.5 Å². The first-order chi connectivity index (χ1) is 8.22. The number of nitrogens with zero attached hydrogens (tertiary/aromatic N) is 7. The molecule has 0 saturated heterocycles. The molecular formula is C3H5N7O8. The average molecular weight is 267 g/mol. The molecular weight excluding hydrogens is 262 g/mol. The normalized spacial score (nSPS) is 10.6. The van der Waals surface area contributed by atoms with Gasteiger partial charge in [0.1, 0.15) is 5.10 Å². The van der Waals surface area contributed by atoms with Crippen molar-refractivity contribution >= 4 is 5.96 Å². The fourth-order valence-corrected chi connectivity index (χ4v) is 0.804. The molecule has 0 atom stereocenters. The molecule has 0 heterocycles. The lowest BCUT2D eigenvalue weighted by Crippen LogP contribution is -2.52. The van der Waals surface area contributed by atoms with Crippen LogP contribution in [0, 0.1) is 40.5 Å². The minimum Gasteiger partial charge on any atom is -0.234 e. The van der Waals surface area contributed by atoms with E-state index in [2.05, 4.69) is 5.10 Å². The van der Waals surface area contributed by atoms with Gasteiger partial charge in [-0.15, -0.1) is 0 Å². The van der Waals surface area contributed by atoms with Gasteiger partial charge in [-0.2, -0.15) is 0 Å². The Morgan fingerprint density at radius 1 is 1.00 bits per heavy atom. The van der Waals surface area contributed by atoms with Crippen molar-refractivity contribution in [2.24, 2.45) is 5.10 Å². The largest absolute Gasteiger partial charge is 0.469 e. The zero-order valence-corrected chi connectivity index (χ0v) is 8.60. The summed E-state index contributed by atoms with van der Waals surface area (Å²) in [7, 11) is 0. The fraction of sp³-hybridized carbons (Fsp3) is 0.667. The van der Waals surface area contributed by atoms with Gasteiger partial charge in [-0.3, -0.25) is 0 Å². The second-order valence-electron chi connectivity index (χ2n) is 2.36. The molecule has 100 valence electrons. The van der Waals surface area contributed by atoms with Gasteiger partial charge in [-0.1, -0.05) is 0 Å². The Kier molecular flexibility index (Phi) is 4.81. The third-order valence-corrected chi connectivity index (χ3v) is 1.39. The van der Waals surface area contributed by atoms with E-state index in [1.807, 2.05) is 0 Å². The Morgan fingerprint density at radius 3 is 1.67 bits per heavy atom. The number of hydrazone groups is 1. The monoisotopic (exact) mass is 267 g/mol. The third kappa shape index (κ3) is 3.47. The molecule has 0 saturated carbocycles. The van der Waals surface area contributed by atoms with Gasteiger partial charge in [0.05, 0.1) is 6.54 Å².